The van der Waals surface area contributed by atoms with E-state index in [0.717, 1.165) is 55.6 Å². The van der Waals surface area contributed by atoms with Crippen molar-refractivity contribution >= 4 is 0 Å². The Labute approximate surface area is 162 Å². The Hall–Kier alpha value is -1.98. The van der Waals surface area contributed by atoms with Crippen LogP contribution in [-0.4, -0.2) is 33.7 Å². The van der Waals surface area contributed by atoms with Gasteiger partial charge in [0, 0.05) is 37.3 Å². The first-order chi connectivity index (χ1) is 13.1. The van der Waals surface area contributed by atoms with E-state index in [4.69, 9.17) is 0 Å². The first kappa shape index (κ1) is 19.8. The Morgan fingerprint density at radius 1 is 1.19 bits per heavy atom. The van der Waals surface area contributed by atoms with Crippen LogP contribution >= 0.6 is 0 Å². The third-order valence-electron chi connectivity index (χ3n) is 5.78. The van der Waals surface area contributed by atoms with Gasteiger partial charge in [0.2, 0.25) is 0 Å². The molecule has 2 atom stereocenters. The minimum absolute atomic E-state index is 0.0499. The van der Waals surface area contributed by atoms with Crippen LogP contribution in [0, 0.1) is 0 Å². The maximum Gasteiger partial charge on any atom is 0.268 e. The molecule has 1 aliphatic rings. The van der Waals surface area contributed by atoms with Crippen molar-refractivity contribution in [3.63, 3.8) is 0 Å². The van der Waals surface area contributed by atoms with E-state index in [2.05, 4.69) is 71.5 Å². The SMILES string of the molecule is CCc1n[nH]c(=O)c(CNC2CCN(Cc3ccccc3)C(C)C2)c1CC. The molecule has 0 aliphatic carbocycles. The van der Waals surface area contributed by atoms with Gasteiger partial charge in [-0.05, 0) is 43.7 Å². The number of rotatable bonds is 7. The Morgan fingerprint density at radius 3 is 2.63 bits per heavy atom. The molecule has 2 heterocycles. The molecule has 1 aromatic heterocycles. The number of benzene rings is 1. The summed E-state index contributed by atoms with van der Waals surface area (Å²) in [5, 5.41) is 10.5. The molecule has 27 heavy (non-hydrogen) atoms. The van der Waals surface area contributed by atoms with Crippen LogP contribution in [0.15, 0.2) is 35.1 Å². The van der Waals surface area contributed by atoms with Crippen LogP contribution in [-0.2, 0) is 25.9 Å². The Balaban J connectivity index is 1.59. The zero-order valence-corrected chi connectivity index (χ0v) is 16.8. The lowest BCUT2D eigenvalue weighted by Gasteiger charge is -2.38. The standard InChI is InChI=1S/C22H32N4O/c1-4-19-20(22(27)25-24-21(19)5-2)14-23-18-11-12-26(16(3)13-18)15-17-9-7-6-8-10-17/h6-10,16,18,23H,4-5,11-15H2,1-3H3,(H,25,27). The second-order valence-electron chi connectivity index (χ2n) is 7.57. The summed E-state index contributed by atoms with van der Waals surface area (Å²) in [4.78, 5) is 14.8. The molecular formula is C22H32N4O. The van der Waals surface area contributed by atoms with Gasteiger partial charge in [0.1, 0.15) is 0 Å². The van der Waals surface area contributed by atoms with E-state index in [-0.39, 0.29) is 5.56 Å². The molecule has 0 radical (unpaired) electrons. The molecule has 2 N–H and O–H groups in total. The first-order valence-corrected chi connectivity index (χ1v) is 10.2. The summed E-state index contributed by atoms with van der Waals surface area (Å²) in [7, 11) is 0. The van der Waals surface area contributed by atoms with Crippen molar-refractivity contribution in [1.82, 2.24) is 20.4 Å². The topological polar surface area (TPSA) is 61.0 Å². The van der Waals surface area contributed by atoms with Crippen LogP contribution in [0.5, 0.6) is 0 Å². The predicted octanol–water partition coefficient (Wildman–Crippen LogP) is 3.04. The average Bonchev–Trinajstić information content (AvgIpc) is 2.69. The highest BCUT2D eigenvalue weighted by Crippen LogP contribution is 2.20. The van der Waals surface area contributed by atoms with Crippen LogP contribution in [0.1, 0.15) is 56.0 Å². The summed E-state index contributed by atoms with van der Waals surface area (Å²) < 4.78 is 0. The number of H-pyrrole nitrogens is 1. The Kier molecular flexibility index (Phi) is 6.80. The quantitative estimate of drug-likeness (QED) is 0.789. The molecule has 0 bridgehead atoms. The van der Waals surface area contributed by atoms with Gasteiger partial charge < -0.3 is 5.32 Å². The summed E-state index contributed by atoms with van der Waals surface area (Å²) in [5.74, 6) is 0. The first-order valence-electron chi connectivity index (χ1n) is 10.2. The minimum atomic E-state index is -0.0499. The van der Waals surface area contributed by atoms with Crippen molar-refractivity contribution in [1.29, 1.82) is 0 Å². The number of piperidine rings is 1. The lowest BCUT2D eigenvalue weighted by molar-refractivity contribution is 0.128. The molecule has 3 rings (SSSR count). The number of nitrogens with zero attached hydrogens (tertiary/aromatic N) is 2. The number of aryl methyl sites for hydroxylation is 1. The summed E-state index contributed by atoms with van der Waals surface area (Å²) in [6.45, 7) is 9.22. The lowest BCUT2D eigenvalue weighted by Crippen LogP contribution is -2.47. The van der Waals surface area contributed by atoms with Gasteiger partial charge in [0.15, 0.2) is 0 Å². The van der Waals surface area contributed by atoms with E-state index in [1.165, 1.54) is 5.56 Å². The Bertz CT molecular complexity index is 787. The summed E-state index contributed by atoms with van der Waals surface area (Å²) in [5.41, 5.74) is 4.32. The van der Waals surface area contributed by atoms with Crippen molar-refractivity contribution in [3.8, 4) is 0 Å². The maximum absolute atomic E-state index is 12.3. The molecule has 5 heteroatoms. The lowest BCUT2D eigenvalue weighted by atomic mass is 9.96. The second kappa shape index (κ2) is 9.29. The van der Waals surface area contributed by atoms with Gasteiger partial charge >= 0.3 is 0 Å². The molecular weight excluding hydrogens is 336 g/mol. The molecule has 1 saturated heterocycles. The minimum Gasteiger partial charge on any atom is -0.310 e. The summed E-state index contributed by atoms with van der Waals surface area (Å²) in [6, 6.07) is 11.7. The highest BCUT2D eigenvalue weighted by molar-refractivity contribution is 5.28. The number of hydrogen-bond acceptors (Lipinski definition) is 4. The fourth-order valence-corrected chi connectivity index (χ4v) is 4.17. The molecule has 146 valence electrons. The van der Waals surface area contributed by atoms with E-state index in [0.29, 0.717) is 18.6 Å². The molecule has 1 aliphatic heterocycles. The van der Waals surface area contributed by atoms with E-state index in [1.807, 2.05) is 0 Å². The van der Waals surface area contributed by atoms with Gasteiger partial charge in [0.25, 0.3) is 5.56 Å². The van der Waals surface area contributed by atoms with Crippen LogP contribution in [0.2, 0.25) is 0 Å². The van der Waals surface area contributed by atoms with E-state index < -0.39 is 0 Å². The third-order valence-corrected chi connectivity index (χ3v) is 5.78. The fraction of sp³-hybridized carbons (Fsp3) is 0.545. The van der Waals surface area contributed by atoms with E-state index in [9.17, 15) is 4.79 Å². The van der Waals surface area contributed by atoms with Crippen molar-refractivity contribution in [2.75, 3.05) is 6.54 Å². The molecule has 2 aromatic rings. The van der Waals surface area contributed by atoms with E-state index in [1.54, 1.807) is 0 Å². The molecule has 1 aromatic carbocycles. The molecule has 0 amide bonds. The predicted molar refractivity (Wildman–Crippen MR) is 110 cm³/mol. The van der Waals surface area contributed by atoms with Crippen LogP contribution in [0.3, 0.4) is 0 Å². The zero-order valence-electron chi connectivity index (χ0n) is 16.8. The van der Waals surface area contributed by atoms with Crippen LogP contribution < -0.4 is 10.9 Å². The van der Waals surface area contributed by atoms with Crippen molar-refractivity contribution in [2.45, 2.75) is 71.6 Å². The van der Waals surface area contributed by atoms with E-state index >= 15 is 0 Å². The van der Waals surface area contributed by atoms with Gasteiger partial charge in [-0.25, -0.2) is 5.10 Å². The van der Waals surface area contributed by atoms with Crippen molar-refractivity contribution < 1.29 is 0 Å². The average molecular weight is 369 g/mol. The largest absolute Gasteiger partial charge is 0.310 e. The van der Waals surface area contributed by atoms with Crippen LogP contribution in [0.25, 0.3) is 0 Å². The summed E-state index contributed by atoms with van der Waals surface area (Å²) in [6.07, 6.45) is 3.92. The molecule has 0 spiro atoms. The van der Waals surface area contributed by atoms with Crippen molar-refractivity contribution in [3.05, 3.63) is 63.1 Å². The number of hydrogen-bond donors (Lipinski definition) is 2. The van der Waals surface area contributed by atoms with Gasteiger partial charge in [0.05, 0.1) is 5.69 Å². The van der Waals surface area contributed by atoms with Gasteiger partial charge in [-0.2, -0.15) is 5.10 Å². The highest BCUT2D eigenvalue weighted by Gasteiger charge is 2.25. The normalized spacial score (nSPS) is 20.7. The maximum atomic E-state index is 12.3. The van der Waals surface area contributed by atoms with Gasteiger partial charge in [-0.1, -0.05) is 44.2 Å². The summed E-state index contributed by atoms with van der Waals surface area (Å²) >= 11 is 0. The molecule has 0 saturated carbocycles. The molecule has 2 unspecified atom stereocenters. The Morgan fingerprint density at radius 2 is 1.96 bits per heavy atom. The second-order valence-corrected chi connectivity index (χ2v) is 7.57. The van der Waals surface area contributed by atoms with Crippen molar-refractivity contribution in [2.24, 2.45) is 0 Å². The number of nitrogens with one attached hydrogen (secondary N) is 2. The van der Waals surface area contributed by atoms with Gasteiger partial charge in [-0.3, -0.25) is 9.69 Å². The highest BCUT2D eigenvalue weighted by atomic mass is 16.1. The monoisotopic (exact) mass is 368 g/mol. The third kappa shape index (κ3) is 4.85. The van der Waals surface area contributed by atoms with Gasteiger partial charge in [-0.15, -0.1) is 0 Å². The smallest absolute Gasteiger partial charge is 0.268 e. The number of aromatic nitrogens is 2. The number of likely N-dealkylation sites (tertiary alicyclic amines) is 1. The molecule has 5 nitrogen and oxygen atoms in total. The molecule has 1 fully saturated rings. The van der Waals surface area contributed by atoms with Crippen LogP contribution in [0.4, 0.5) is 0 Å². The zero-order chi connectivity index (χ0) is 19.2. The fourth-order valence-electron chi connectivity index (χ4n) is 4.17. The number of aromatic amines is 1.